The van der Waals surface area contributed by atoms with E-state index in [-0.39, 0.29) is 17.7 Å². The predicted octanol–water partition coefficient (Wildman–Crippen LogP) is 2.13. The van der Waals surface area contributed by atoms with Crippen LogP contribution in [0.2, 0.25) is 0 Å². The molecule has 1 aromatic heterocycles. The van der Waals surface area contributed by atoms with Crippen molar-refractivity contribution in [3.8, 4) is 5.88 Å². The fraction of sp³-hybridized carbons (Fsp3) is 0.389. The third-order valence-electron chi connectivity index (χ3n) is 4.34. The maximum atomic E-state index is 12.7. The molecule has 1 aromatic carbocycles. The summed E-state index contributed by atoms with van der Waals surface area (Å²) < 4.78 is 5.87. The molecule has 1 fully saturated rings. The van der Waals surface area contributed by atoms with Gasteiger partial charge in [-0.15, -0.1) is 10.2 Å². The molecule has 0 aliphatic carbocycles. The number of likely N-dealkylation sites (tertiary alicyclic amines) is 1. The molecule has 1 saturated heterocycles. The number of nitro groups is 1. The SMILES string of the molecule is CN(C)c1ccc(OC2CCCN(C(=O)c3cccc([N+](=O)[O-])c3)C2)nn1. The number of aromatic nitrogens is 2. The van der Waals surface area contributed by atoms with Crippen LogP contribution < -0.4 is 9.64 Å². The molecule has 0 radical (unpaired) electrons. The average Bonchev–Trinajstić information content (AvgIpc) is 2.68. The highest BCUT2D eigenvalue weighted by Gasteiger charge is 2.26. The van der Waals surface area contributed by atoms with Crippen molar-refractivity contribution in [1.29, 1.82) is 0 Å². The van der Waals surface area contributed by atoms with E-state index in [0.717, 1.165) is 18.7 Å². The molecule has 2 aromatic rings. The third kappa shape index (κ3) is 4.49. The summed E-state index contributed by atoms with van der Waals surface area (Å²) in [5, 5.41) is 19.1. The summed E-state index contributed by atoms with van der Waals surface area (Å²) in [6, 6.07) is 9.35. The number of nitro benzene ring substituents is 1. The fourth-order valence-corrected chi connectivity index (χ4v) is 2.94. The fourth-order valence-electron chi connectivity index (χ4n) is 2.94. The summed E-state index contributed by atoms with van der Waals surface area (Å²) in [6.45, 7) is 0.991. The van der Waals surface area contributed by atoms with Crippen molar-refractivity contribution in [2.24, 2.45) is 0 Å². The summed E-state index contributed by atoms with van der Waals surface area (Å²) in [7, 11) is 3.76. The maximum Gasteiger partial charge on any atom is 0.270 e. The first-order valence-corrected chi connectivity index (χ1v) is 8.65. The van der Waals surface area contributed by atoms with Crippen LogP contribution in [0.5, 0.6) is 5.88 Å². The molecule has 9 nitrogen and oxygen atoms in total. The Bertz CT molecular complexity index is 825. The molecule has 9 heteroatoms. The summed E-state index contributed by atoms with van der Waals surface area (Å²) in [5.41, 5.74) is 0.210. The molecule has 1 atom stereocenters. The Morgan fingerprint density at radius 1 is 1.30 bits per heavy atom. The lowest BCUT2D eigenvalue weighted by atomic mass is 10.1. The first-order chi connectivity index (χ1) is 12.9. The molecule has 1 aliphatic heterocycles. The number of benzene rings is 1. The van der Waals surface area contributed by atoms with E-state index >= 15 is 0 Å². The van der Waals surface area contributed by atoms with Crippen LogP contribution in [0.3, 0.4) is 0 Å². The molecule has 1 amide bonds. The quantitative estimate of drug-likeness (QED) is 0.586. The number of piperidine rings is 1. The van der Waals surface area contributed by atoms with Gasteiger partial charge in [0.2, 0.25) is 5.88 Å². The molecular formula is C18H21N5O4. The second kappa shape index (κ2) is 7.98. The largest absolute Gasteiger partial charge is 0.471 e. The van der Waals surface area contributed by atoms with Crippen LogP contribution in [-0.4, -0.2) is 59.2 Å². The number of carbonyl (C=O) groups is 1. The number of hydrogen-bond acceptors (Lipinski definition) is 7. The molecular weight excluding hydrogens is 350 g/mol. The van der Waals surface area contributed by atoms with Gasteiger partial charge in [-0.3, -0.25) is 14.9 Å². The number of ether oxygens (including phenoxy) is 1. The molecule has 0 saturated carbocycles. The van der Waals surface area contributed by atoms with Gasteiger partial charge in [-0.05, 0) is 25.0 Å². The van der Waals surface area contributed by atoms with E-state index in [4.69, 9.17) is 4.74 Å². The van der Waals surface area contributed by atoms with Crippen LogP contribution in [0, 0.1) is 10.1 Å². The zero-order chi connectivity index (χ0) is 19.4. The van der Waals surface area contributed by atoms with Gasteiger partial charge in [-0.1, -0.05) is 6.07 Å². The lowest BCUT2D eigenvalue weighted by Gasteiger charge is -2.32. The Balaban J connectivity index is 1.66. The lowest BCUT2D eigenvalue weighted by molar-refractivity contribution is -0.384. The van der Waals surface area contributed by atoms with E-state index in [1.165, 1.54) is 18.2 Å². The van der Waals surface area contributed by atoms with Gasteiger partial charge < -0.3 is 14.5 Å². The van der Waals surface area contributed by atoms with E-state index in [1.807, 2.05) is 25.1 Å². The minimum absolute atomic E-state index is 0.0954. The molecule has 0 spiro atoms. The Labute approximate surface area is 156 Å². The monoisotopic (exact) mass is 371 g/mol. The molecule has 1 unspecified atom stereocenters. The molecule has 2 heterocycles. The number of rotatable bonds is 5. The highest BCUT2D eigenvalue weighted by Crippen LogP contribution is 2.21. The summed E-state index contributed by atoms with van der Waals surface area (Å²) in [5.74, 6) is 0.907. The standard InChI is InChI=1S/C18H21N5O4/c1-21(2)16-8-9-17(20-19-16)27-15-7-4-10-22(12-15)18(24)13-5-3-6-14(11-13)23(25)26/h3,5-6,8-9,11,15H,4,7,10,12H2,1-2H3. The van der Waals surface area contributed by atoms with E-state index in [0.29, 0.717) is 24.5 Å². The van der Waals surface area contributed by atoms with Gasteiger partial charge in [0.25, 0.3) is 11.6 Å². The minimum atomic E-state index is -0.505. The summed E-state index contributed by atoms with van der Waals surface area (Å²) in [4.78, 5) is 26.6. The topological polar surface area (TPSA) is 102 Å². The highest BCUT2D eigenvalue weighted by atomic mass is 16.6. The van der Waals surface area contributed by atoms with Gasteiger partial charge >= 0.3 is 0 Å². The number of carbonyl (C=O) groups excluding carboxylic acids is 1. The van der Waals surface area contributed by atoms with E-state index in [9.17, 15) is 14.9 Å². The van der Waals surface area contributed by atoms with Gasteiger partial charge in [0, 0.05) is 44.4 Å². The van der Waals surface area contributed by atoms with Crippen LogP contribution in [0.4, 0.5) is 11.5 Å². The Morgan fingerprint density at radius 3 is 2.78 bits per heavy atom. The van der Waals surface area contributed by atoms with Crippen LogP contribution in [0.15, 0.2) is 36.4 Å². The maximum absolute atomic E-state index is 12.7. The molecule has 1 aliphatic rings. The Hall–Kier alpha value is -3.23. The molecule has 0 N–H and O–H groups in total. The number of non-ortho nitro benzene ring substituents is 1. The van der Waals surface area contributed by atoms with Crippen LogP contribution in [0.1, 0.15) is 23.2 Å². The molecule has 3 rings (SSSR count). The number of anilines is 1. The molecule has 27 heavy (non-hydrogen) atoms. The first kappa shape index (κ1) is 18.6. The second-order valence-electron chi connectivity index (χ2n) is 6.56. The zero-order valence-corrected chi connectivity index (χ0v) is 15.2. The number of hydrogen-bond donors (Lipinski definition) is 0. The van der Waals surface area contributed by atoms with Crippen LogP contribution in [0.25, 0.3) is 0 Å². The van der Waals surface area contributed by atoms with Crippen molar-refractivity contribution < 1.29 is 14.5 Å². The summed E-state index contributed by atoms with van der Waals surface area (Å²) in [6.07, 6.45) is 1.39. The van der Waals surface area contributed by atoms with Crippen LogP contribution in [-0.2, 0) is 0 Å². The van der Waals surface area contributed by atoms with Crippen LogP contribution >= 0.6 is 0 Å². The van der Waals surface area contributed by atoms with E-state index < -0.39 is 4.92 Å². The van der Waals surface area contributed by atoms with Crippen molar-refractivity contribution in [3.63, 3.8) is 0 Å². The van der Waals surface area contributed by atoms with Gasteiger partial charge in [-0.25, -0.2) is 0 Å². The van der Waals surface area contributed by atoms with E-state index in [1.54, 1.807) is 17.0 Å². The first-order valence-electron chi connectivity index (χ1n) is 8.65. The molecule has 142 valence electrons. The van der Waals surface area contributed by atoms with Gasteiger partial charge in [0.05, 0.1) is 11.5 Å². The van der Waals surface area contributed by atoms with Gasteiger partial charge in [-0.2, -0.15) is 0 Å². The van der Waals surface area contributed by atoms with Gasteiger partial charge in [0.15, 0.2) is 5.82 Å². The van der Waals surface area contributed by atoms with Crippen molar-refractivity contribution >= 4 is 17.4 Å². The second-order valence-corrected chi connectivity index (χ2v) is 6.56. The minimum Gasteiger partial charge on any atom is -0.471 e. The normalized spacial score (nSPS) is 16.7. The number of nitrogens with zero attached hydrogens (tertiary/aromatic N) is 5. The van der Waals surface area contributed by atoms with Crippen molar-refractivity contribution in [1.82, 2.24) is 15.1 Å². The highest BCUT2D eigenvalue weighted by molar-refractivity contribution is 5.94. The van der Waals surface area contributed by atoms with Crippen molar-refractivity contribution in [3.05, 3.63) is 52.1 Å². The lowest BCUT2D eigenvalue weighted by Crippen LogP contribution is -2.44. The smallest absolute Gasteiger partial charge is 0.270 e. The van der Waals surface area contributed by atoms with Gasteiger partial charge in [0.1, 0.15) is 6.10 Å². The van der Waals surface area contributed by atoms with Crippen molar-refractivity contribution in [2.75, 3.05) is 32.1 Å². The van der Waals surface area contributed by atoms with E-state index in [2.05, 4.69) is 10.2 Å². The summed E-state index contributed by atoms with van der Waals surface area (Å²) >= 11 is 0. The predicted molar refractivity (Wildman–Crippen MR) is 99.0 cm³/mol. The van der Waals surface area contributed by atoms with Crippen molar-refractivity contribution in [2.45, 2.75) is 18.9 Å². The molecule has 0 bridgehead atoms. The zero-order valence-electron chi connectivity index (χ0n) is 15.2. The Morgan fingerprint density at radius 2 is 2.11 bits per heavy atom. The average molecular weight is 371 g/mol. The number of amides is 1. The third-order valence-corrected chi connectivity index (χ3v) is 4.34. The Kier molecular flexibility index (Phi) is 5.49.